The van der Waals surface area contributed by atoms with Crippen LogP contribution in [0.3, 0.4) is 0 Å². The van der Waals surface area contributed by atoms with Gasteiger partial charge in [-0.2, -0.15) is 0 Å². The smallest absolute Gasteiger partial charge is 0.0743 e. The lowest BCUT2D eigenvalue weighted by atomic mass is 9.98. The molecular weight excluding hydrogens is 216 g/mol. The monoisotopic (exact) mass is 242 g/mol. The van der Waals surface area contributed by atoms with Gasteiger partial charge >= 0.3 is 0 Å². The summed E-state index contributed by atoms with van der Waals surface area (Å²) in [5, 5.41) is 0. The van der Waals surface area contributed by atoms with Gasteiger partial charge in [-0.3, -0.25) is 4.90 Å². The van der Waals surface area contributed by atoms with Crippen LogP contribution < -0.4 is 5.73 Å². The molecular formula is C13H26N2S. The Balaban J connectivity index is 2.47. The average Bonchev–Trinajstić information content (AvgIpc) is 2.50. The maximum Gasteiger partial charge on any atom is 0.0743 e. The summed E-state index contributed by atoms with van der Waals surface area (Å²) in [6.07, 6.45) is 7.48. The first-order chi connectivity index (χ1) is 7.67. The summed E-state index contributed by atoms with van der Waals surface area (Å²) in [5.41, 5.74) is 5.67. The quantitative estimate of drug-likeness (QED) is 0.752. The van der Waals surface area contributed by atoms with Crippen molar-refractivity contribution in [2.24, 2.45) is 11.7 Å². The zero-order valence-corrected chi connectivity index (χ0v) is 11.6. The third-order valence-electron chi connectivity index (χ3n) is 3.88. The van der Waals surface area contributed by atoms with Crippen LogP contribution in [0.4, 0.5) is 0 Å². The maximum absolute atomic E-state index is 5.67. The lowest BCUT2D eigenvalue weighted by Gasteiger charge is -2.29. The second-order valence-corrected chi connectivity index (χ2v) is 5.50. The zero-order chi connectivity index (χ0) is 12.0. The van der Waals surface area contributed by atoms with Gasteiger partial charge in [0.2, 0.25) is 0 Å². The van der Waals surface area contributed by atoms with E-state index in [-0.39, 0.29) is 0 Å². The van der Waals surface area contributed by atoms with Crippen LogP contribution in [-0.2, 0) is 0 Å². The number of nitrogens with two attached hydrogens (primary N) is 1. The van der Waals surface area contributed by atoms with Crippen LogP contribution in [0.1, 0.15) is 52.4 Å². The van der Waals surface area contributed by atoms with Gasteiger partial charge in [0, 0.05) is 12.5 Å². The van der Waals surface area contributed by atoms with E-state index >= 15 is 0 Å². The second kappa shape index (κ2) is 7.23. The van der Waals surface area contributed by atoms with E-state index < -0.39 is 0 Å². The van der Waals surface area contributed by atoms with Crippen molar-refractivity contribution in [1.29, 1.82) is 0 Å². The minimum Gasteiger partial charge on any atom is -0.393 e. The topological polar surface area (TPSA) is 29.3 Å². The molecule has 0 spiro atoms. The molecule has 3 heteroatoms. The van der Waals surface area contributed by atoms with Crippen molar-refractivity contribution >= 4 is 17.2 Å². The minimum atomic E-state index is 0.577. The van der Waals surface area contributed by atoms with E-state index in [2.05, 4.69) is 18.7 Å². The number of hydrogen-bond donors (Lipinski definition) is 1. The fraction of sp³-hybridized carbons (Fsp3) is 0.923. The van der Waals surface area contributed by atoms with Crippen molar-refractivity contribution in [3.8, 4) is 0 Å². The number of thiocarbonyl (C=S) groups is 1. The van der Waals surface area contributed by atoms with E-state index in [0.29, 0.717) is 11.0 Å². The Morgan fingerprint density at radius 2 is 2.12 bits per heavy atom. The van der Waals surface area contributed by atoms with Gasteiger partial charge in [-0.1, -0.05) is 32.5 Å². The average molecular weight is 242 g/mol. The summed E-state index contributed by atoms with van der Waals surface area (Å²) in [5.74, 6) is 0.937. The molecule has 16 heavy (non-hydrogen) atoms. The molecule has 0 radical (unpaired) electrons. The molecule has 94 valence electrons. The Labute approximate surface area is 106 Å². The molecule has 0 bridgehead atoms. The molecule has 0 aromatic heterocycles. The van der Waals surface area contributed by atoms with Gasteiger partial charge in [0.25, 0.3) is 0 Å². The van der Waals surface area contributed by atoms with Crippen LogP contribution >= 0.6 is 12.2 Å². The third-order valence-corrected chi connectivity index (χ3v) is 4.05. The lowest BCUT2D eigenvalue weighted by Crippen LogP contribution is -2.38. The molecule has 1 aliphatic heterocycles. The largest absolute Gasteiger partial charge is 0.393 e. The fourth-order valence-electron chi connectivity index (χ4n) is 2.72. The molecule has 2 nitrogen and oxygen atoms in total. The molecule has 1 rings (SSSR count). The Morgan fingerprint density at radius 1 is 1.38 bits per heavy atom. The molecule has 2 atom stereocenters. The lowest BCUT2D eigenvalue weighted by molar-refractivity contribution is 0.200. The van der Waals surface area contributed by atoms with Crippen molar-refractivity contribution in [2.75, 3.05) is 13.1 Å². The van der Waals surface area contributed by atoms with Crippen LogP contribution in [0.2, 0.25) is 0 Å². The second-order valence-electron chi connectivity index (χ2n) is 4.97. The SMILES string of the molecule is CCC1CCCN(C(CC)CC(N)=S)CC1. The van der Waals surface area contributed by atoms with Gasteiger partial charge in [0.1, 0.15) is 0 Å². The highest BCUT2D eigenvalue weighted by Crippen LogP contribution is 2.22. The molecule has 0 saturated carbocycles. The van der Waals surface area contributed by atoms with Crippen LogP contribution in [0.25, 0.3) is 0 Å². The van der Waals surface area contributed by atoms with E-state index in [0.717, 1.165) is 18.8 Å². The predicted octanol–water partition coefficient (Wildman–Crippen LogP) is 2.95. The van der Waals surface area contributed by atoms with E-state index in [1.54, 1.807) is 0 Å². The normalized spacial score (nSPS) is 25.0. The highest BCUT2D eigenvalue weighted by atomic mass is 32.1. The van der Waals surface area contributed by atoms with Crippen LogP contribution in [-0.4, -0.2) is 29.0 Å². The van der Waals surface area contributed by atoms with Crippen LogP contribution in [0, 0.1) is 5.92 Å². The minimum absolute atomic E-state index is 0.577. The Bertz CT molecular complexity index is 218. The molecule has 0 aromatic rings. The third kappa shape index (κ3) is 4.38. The Hall–Kier alpha value is -0.150. The van der Waals surface area contributed by atoms with E-state index in [1.807, 2.05) is 0 Å². The fourth-order valence-corrected chi connectivity index (χ4v) is 2.92. The summed E-state index contributed by atoms with van der Waals surface area (Å²) in [4.78, 5) is 3.28. The highest BCUT2D eigenvalue weighted by molar-refractivity contribution is 7.80. The number of nitrogens with zero attached hydrogens (tertiary/aromatic N) is 1. The standard InChI is InChI=1S/C13H26N2S/c1-3-11-6-5-8-15(9-7-11)12(4-2)10-13(14)16/h11-12H,3-10H2,1-2H3,(H2,14,16). The van der Waals surface area contributed by atoms with Crippen molar-refractivity contribution in [3.63, 3.8) is 0 Å². The van der Waals surface area contributed by atoms with E-state index in [1.165, 1.54) is 38.8 Å². The van der Waals surface area contributed by atoms with E-state index in [4.69, 9.17) is 18.0 Å². The van der Waals surface area contributed by atoms with Crippen LogP contribution in [0.5, 0.6) is 0 Å². The molecule has 2 unspecified atom stereocenters. The maximum atomic E-state index is 5.67. The zero-order valence-electron chi connectivity index (χ0n) is 10.7. The molecule has 1 heterocycles. The molecule has 0 aromatic carbocycles. The molecule has 2 N–H and O–H groups in total. The summed E-state index contributed by atoms with van der Waals surface area (Å²) in [7, 11) is 0. The molecule has 1 fully saturated rings. The van der Waals surface area contributed by atoms with Crippen molar-refractivity contribution in [3.05, 3.63) is 0 Å². The summed E-state index contributed by atoms with van der Waals surface area (Å²) < 4.78 is 0. The first-order valence-electron chi connectivity index (χ1n) is 6.69. The van der Waals surface area contributed by atoms with E-state index in [9.17, 15) is 0 Å². The van der Waals surface area contributed by atoms with Crippen molar-refractivity contribution in [2.45, 2.75) is 58.4 Å². The number of rotatable bonds is 5. The number of likely N-dealkylation sites (tertiary alicyclic amines) is 1. The van der Waals surface area contributed by atoms with Gasteiger partial charge in [-0.15, -0.1) is 0 Å². The van der Waals surface area contributed by atoms with Crippen molar-refractivity contribution in [1.82, 2.24) is 4.90 Å². The Morgan fingerprint density at radius 3 is 2.69 bits per heavy atom. The van der Waals surface area contributed by atoms with Gasteiger partial charge in [0.05, 0.1) is 4.99 Å². The molecule has 1 aliphatic rings. The van der Waals surface area contributed by atoms with Gasteiger partial charge < -0.3 is 5.73 Å². The summed E-state index contributed by atoms with van der Waals surface area (Å²) in [6, 6.07) is 0.577. The molecule has 0 amide bonds. The summed E-state index contributed by atoms with van der Waals surface area (Å²) >= 11 is 5.04. The first-order valence-corrected chi connectivity index (χ1v) is 7.10. The molecule has 1 saturated heterocycles. The first kappa shape index (κ1) is 13.9. The van der Waals surface area contributed by atoms with Gasteiger partial charge in [-0.25, -0.2) is 0 Å². The van der Waals surface area contributed by atoms with Gasteiger partial charge in [0.15, 0.2) is 0 Å². The Kier molecular flexibility index (Phi) is 6.29. The van der Waals surface area contributed by atoms with Crippen molar-refractivity contribution < 1.29 is 0 Å². The van der Waals surface area contributed by atoms with Gasteiger partial charge in [-0.05, 0) is 44.7 Å². The molecule has 0 aliphatic carbocycles. The number of hydrogen-bond acceptors (Lipinski definition) is 2. The van der Waals surface area contributed by atoms with Crippen LogP contribution in [0.15, 0.2) is 0 Å². The summed E-state index contributed by atoms with van der Waals surface area (Å²) in [6.45, 7) is 7.02. The highest BCUT2D eigenvalue weighted by Gasteiger charge is 2.21. The predicted molar refractivity (Wildman–Crippen MR) is 74.7 cm³/mol.